The maximum Gasteiger partial charge on any atom is 0.226 e. The molecule has 15 aliphatic carbocycles. The van der Waals surface area contributed by atoms with Crippen molar-refractivity contribution in [3.63, 3.8) is 0 Å². The van der Waals surface area contributed by atoms with Gasteiger partial charge in [0.05, 0.1) is 82.8 Å². The van der Waals surface area contributed by atoms with Crippen molar-refractivity contribution in [2.75, 3.05) is 39.6 Å². The molecule has 0 aromatic heterocycles. The van der Waals surface area contributed by atoms with E-state index in [9.17, 15) is 54.6 Å². The van der Waals surface area contributed by atoms with Crippen LogP contribution in [0, 0.1) is 156 Å². The average Bonchev–Trinajstić information content (AvgIpc) is 1.07. The van der Waals surface area contributed by atoms with Crippen molar-refractivity contribution < 1.29 is 127 Å². The molecule has 18 nitrogen and oxygen atoms in total. The van der Waals surface area contributed by atoms with Crippen LogP contribution in [0.25, 0.3) is 4.85 Å². The van der Waals surface area contributed by atoms with E-state index in [0.29, 0.717) is 71.7 Å². The van der Waals surface area contributed by atoms with Crippen molar-refractivity contribution in [1.82, 2.24) is 0 Å². The van der Waals surface area contributed by atoms with Gasteiger partial charge in [0.2, 0.25) is 5.70 Å². The van der Waals surface area contributed by atoms with Gasteiger partial charge in [-0.05, 0) is 142 Å². The van der Waals surface area contributed by atoms with Crippen molar-refractivity contribution in [3.8, 4) is 0 Å². The van der Waals surface area contributed by atoms with E-state index in [1.54, 1.807) is 50.3 Å². The summed E-state index contributed by atoms with van der Waals surface area (Å²) in [5, 5.41) is 65.4. The molecule has 0 aromatic rings. The molecule has 19 heteroatoms. The van der Waals surface area contributed by atoms with Crippen LogP contribution in [0.5, 0.6) is 0 Å². The van der Waals surface area contributed by atoms with Crippen molar-refractivity contribution in [1.29, 1.82) is 0 Å². The number of hydrogen-bond acceptors (Lipinski definition) is 17. The molecule has 633 valence electrons. The normalized spacial score (nSPS) is 44.8. The summed E-state index contributed by atoms with van der Waals surface area (Å²) in [5.41, 5.74) is 2.79. The summed E-state index contributed by atoms with van der Waals surface area (Å²) in [7, 11) is 0. The quantitative estimate of drug-likeness (QED) is 0.0972. The largest absolute Gasteiger partial charge is 0.393 e. The summed E-state index contributed by atoms with van der Waals surface area (Å²) in [6.45, 7) is 53.6. The number of aliphatic hydroxyl groups is 6. The fourth-order valence-electron chi connectivity index (χ4n) is 29.7. The number of aliphatic hydroxyl groups excluding tert-OH is 6. The van der Waals surface area contributed by atoms with Crippen LogP contribution in [0.4, 0.5) is 0 Å². The zero-order valence-electron chi connectivity index (χ0n) is 73.2. The Hall–Kier alpha value is -3.80. The van der Waals surface area contributed by atoms with Gasteiger partial charge in [-0.3, -0.25) is 19.2 Å². The maximum atomic E-state index is 12.6. The molecule has 3 heterocycles. The van der Waals surface area contributed by atoms with Gasteiger partial charge < -0.3 is 63.9 Å². The first-order chi connectivity index (χ1) is 53.3. The number of rotatable bonds is 0. The number of ketones is 5. The van der Waals surface area contributed by atoms with E-state index in [-0.39, 0.29) is 174 Å². The molecule has 3 spiro atoms. The van der Waals surface area contributed by atoms with Crippen LogP contribution in [0.1, 0.15) is 248 Å². The van der Waals surface area contributed by atoms with Gasteiger partial charge in [0, 0.05) is 158 Å². The predicted octanol–water partition coefficient (Wildman–Crippen LogP) is 15.7. The van der Waals surface area contributed by atoms with E-state index in [0.717, 1.165) is 88.2 Å². The van der Waals surface area contributed by atoms with Crippen LogP contribution in [0.3, 0.4) is 0 Å². The Morgan fingerprint density at radius 2 is 0.784 bits per heavy atom. The summed E-state index contributed by atoms with van der Waals surface area (Å²) >= 11 is 0. The molecule has 20 atom stereocenters. The Bertz CT molecular complexity index is 4400. The summed E-state index contributed by atoms with van der Waals surface area (Å²) in [4.78, 5) is 64.3. The predicted molar refractivity (Wildman–Crippen MR) is 438 cm³/mol. The van der Waals surface area contributed by atoms with Gasteiger partial charge >= 0.3 is 0 Å². The zero-order valence-corrected chi connectivity index (χ0v) is 78.0. The molecule has 6 N–H and O–H groups in total. The molecule has 8 saturated carbocycles. The van der Waals surface area contributed by atoms with E-state index in [1.807, 2.05) is 52.0 Å². The monoisotopic (exact) mass is 1810 g/mol. The van der Waals surface area contributed by atoms with Gasteiger partial charge in [-0.1, -0.05) is 209 Å². The third kappa shape index (κ3) is 13.1. The molecule has 11 fully saturated rings. The van der Waals surface area contributed by atoms with Gasteiger partial charge in [0.1, 0.15) is 5.78 Å². The molecule has 18 rings (SSSR count). The van der Waals surface area contributed by atoms with E-state index in [2.05, 4.69) is 120 Å². The molecule has 0 unspecified atom stereocenters. The van der Waals surface area contributed by atoms with E-state index in [1.165, 1.54) is 22.3 Å². The molecule has 0 bridgehead atoms. The van der Waals surface area contributed by atoms with Crippen molar-refractivity contribution in [2.24, 2.45) is 105 Å². The fraction of sp³-hybridized carbons (Fsp3) is 0.732. The molecular formula is C97H135AcNO17. The van der Waals surface area contributed by atoms with Crippen LogP contribution >= 0.6 is 0 Å². The number of nitrogens with zero attached hydrogens (tertiary/aromatic N) is 1. The minimum Gasteiger partial charge on any atom is -0.393 e. The first kappa shape index (κ1) is 89.9. The van der Waals surface area contributed by atoms with Crippen molar-refractivity contribution in [3.05, 3.63) is 130 Å². The van der Waals surface area contributed by atoms with Gasteiger partial charge in [0.15, 0.2) is 40.5 Å². The number of carbonyl (C=O) groups is 5. The minimum absolute atomic E-state index is 0. The van der Waals surface area contributed by atoms with Crippen LogP contribution in [-0.4, -0.2) is 153 Å². The van der Waals surface area contributed by atoms with Crippen LogP contribution in [0.2, 0.25) is 0 Å². The van der Waals surface area contributed by atoms with E-state index < -0.39 is 63.4 Å². The Morgan fingerprint density at radius 1 is 0.397 bits per heavy atom. The SMILES string of the molecule is CC1(C)C(=O)CC[C@]2(C)C3=CC(=O)C=C[C@]3(C)C[C@H](O)[C@@H]12.CC1(C)C2=CC[C@]3(C)C(=CCC[C@H]3O)[C@@]2(C)CCC12OCCO2.CC1(C)[C@@H]2[C@@H](O)C[C@@]3(C)C=CC(=O)C=C3[C@@]2(C)CCC12OCCO2.CC1(C)[C@@H]2[C@@H](O)C[C@]3(C)C(=CCC[C@H]3O)[C@@]2(C)CCC12OCCO2.[Ac].[C-]#[N+]C1=C[C@]2(C)C3=CC(=O)C=C[C@]3(C)C[C@H](O)[C@H]2C(C)(C)C1=O. The number of allylic oxidation sites excluding steroid dienone is 17. The number of Topliss-reactive ketones (excluding diaryl/α,β-unsaturated/α-hetero) is 2. The summed E-state index contributed by atoms with van der Waals surface area (Å²) in [6, 6.07) is 0. The Balaban J connectivity index is 0.000000126. The molecule has 3 saturated heterocycles. The number of ether oxygens (including phenoxy) is 6. The molecular weight excluding hydrogens is 1680 g/mol. The Kier molecular flexibility index (Phi) is 23.0. The van der Waals surface area contributed by atoms with Crippen LogP contribution in [-0.2, 0) is 52.4 Å². The van der Waals surface area contributed by atoms with Gasteiger partial charge in [-0.2, -0.15) is 0 Å². The summed E-state index contributed by atoms with van der Waals surface area (Å²) in [5.74, 6) is -2.05. The average molecular weight is 1810 g/mol. The van der Waals surface area contributed by atoms with Gasteiger partial charge in [-0.15, -0.1) is 0 Å². The zero-order chi connectivity index (χ0) is 84.1. The Morgan fingerprint density at radius 3 is 1.26 bits per heavy atom. The molecule has 18 aliphatic rings. The number of carbonyl (C=O) groups excluding carboxylic acids is 5. The smallest absolute Gasteiger partial charge is 0.226 e. The standard InChI is InChI=1S/C20H28O4.C20H32O4.C20H30O3.C19H21NO3.C18H24O3.Ac/c1-17(2)16-14(22)12-18(3)6-5-13(21)11-15(18)19(16,4)7-8-20(17)23-9-10-24-20;1-17(2)16-13(21)12-19(4)14(6-5-7-15(19)22)18(16,3)8-9-20(17)23-10-11-24-20;1-17(2)14-8-9-19(4)15(6-5-7-16(19)21)18(14,3)10-11-20(17)22-12-13-23-20;1-17(2)15-13(22)10-18(3)7-6-11(21)8-14(18)19(15,4)9-12(20-5)16(17)23;1-16(2)14(21)6-8-18(4)13-9-11(19)5-7-17(13,3)10-12(20)15(16)18;/h5-6,11,14,16,22H,7-10,12H2,1-4H3;6,13,15-16,21-22H,5,7-12H2,1-4H3;6,8,16,21H,5,7,9-13H2,1-4H3;6-9,13,15,22H,10H2,1-4H3;5,7,9,12,15,20H,6,8,10H2,1-4H3;/t14-,16-,18+,19+;13-,15+,16-,18+,19+;16-,18+,19-;13-,15-,18+,19+;12-,15-,17+,18+;/m00100./s1. The first-order valence-corrected chi connectivity index (χ1v) is 43.4. The molecule has 0 aromatic carbocycles. The second kappa shape index (κ2) is 29.7. The van der Waals surface area contributed by atoms with Crippen molar-refractivity contribution >= 4 is 28.9 Å². The maximum absolute atomic E-state index is 12.6. The second-order valence-corrected chi connectivity index (χ2v) is 43.3. The minimum atomic E-state index is -0.852. The third-order valence-electron chi connectivity index (χ3n) is 34.8. The first-order valence-electron chi connectivity index (χ1n) is 43.4. The Labute approximate surface area is 726 Å². The summed E-state index contributed by atoms with van der Waals surface area (Å²) < 4.78 is 36.7. The second-order valence-electron chi connectivity index (χ2n) is 43.3. The molecule has 116 heavy (non-hydrogen) atoms. The third-order valence-corrected chi connectivity index (χ3v) is 34.8. The summed E-state index contributed by atoms with van der Waals surface area (Å²) in [6.07, 6.45) is 35.5. The van der Waals surface area contributed by atoms with Crippen LogP contribution < -0.4 is 0 Å². The molecule has 3 aliphatic heterocycles. The van der Waals surface area contributed by atoms with Crippen molar-refractivity contribution in [2.45, 2.75) is 302 Å². The molecule has 0 amide bonds. The van der Waals surface area contributed by atoms with Gasteiger partial charge in [0.25, 0.3) is 0 Å². The van der Waals surface area contributed by atoms with Gasteiger partial charge in [-0.25, -0.2) is 4.85 Å². The number of hydrogen-bond donors (Lipinski definition) is 6. The number of fused-ring (bicyclic) bond motifs is 15. The van der Waals surface area contributed by atoms with E-state index in [4.69, 9.17) is 35.0 Å². The van der Waals surface area contributed by atoms with Crippen LogP contribution in [0.15, 0.2) is 118 Å². The fourth-order valence-corrected chi connectivity index (χ4v) is 29.7. The topological polar surface area (TPSA) is 266 Å². The van der Waals surface area contributed by atoms with E-state index >= 15 is 0 Å². The molecule has 1 radical (unpaired) electrons.